The lowest BCUT2D eigenvalue weighted by Gasteiger charge is -2.17. The molecule has 2 rings (SSSR count). The summed E-state index contributed by atoms with van der Waals surface area (Å²) in [6, 6.07) is 11.4. The second-order valence-corrected chi connectivity index (χ2v) is 5.38. The van der Waals surface area contributed by atoms with E-state index in [0.29, 0.717) is 16.7 Å². The van der Waals surface area contributed by atoms with Crippen LogP contribution in [0.4, 0.5) is 0 Å². The molecular weight excluding hydrogens is 295 g/mol. The summed E-state index contributed by atoms with van der Waals surface area (Å²) in [5.74, 6) is 0.856. The summed E-state index contributed by atoms with van der Waals surface area (Å²) in [6.07, 6.45) is 0. The van der Waals surface area contributed by atoms with Crippen LogP contribution < -0.4 is 4.74 Å². The number of nitrogens with zero attached hydrogens (tertiary/aromatic N) is 2. The van der Waals surface area contributed by atoms with E-state index in [2.05, 4.69) is 16.0 Å². The molecular formula is C15H16Cl2N2O. The van der Waals surface area contributed by atoms with Crippen molar-refractivity contribution in [3.05, 3.63) is 57.8 Å². The number of benzene rings is 1. The van der Waals surface area contributed by atoms with Crippen LogP contribution in [0.1, 0.15) is 11.3 Å². The summed E-state index contributed by atoms with van der Waals surface area (Å²) in [7, 11) is 3.68. The summed E-state index contributed by atoms with van der Waals surface area (Å²) < 4.78 is 5.22. The molecule has 106 valence electrons. The number of aromatic nitrogens is 1. The normalized spacial score (nSPS) is 10.8. The molecule has 0 bridgehead atoms. The number of hydrogen-bond donors (Lipinski definition) is 0. The highest BCUT2D eigenvalue weighted by atomic mass is 35.5. The molecule has 0 atom stereocenters. The molecule has 0 fully saturated rings. The van der Waals surface area contributed by atoms with Crippen LogP contribution in [0.15, 0.2) is 36.4 Å². The Bertz CT molecular complexity index is 590. The number of rotatable bonds is 5. The summed E-state index contributed by atoms with van der Waals surface area (Å²) in [5.41, 5.74) is 1.95. The predicted octanol–water partition coefficient (Wildman–Crippen LogP) is 4.03. The molecule has 20 heavy (non-hydrogen) atoms. The minimum absolute atomic E-state index is 0.458. The van der Waals surface area contributed by atoms with Crippen LogP contribution in [0.5, 0.6) is 5.75 Å². The van der Waals surface area contributed by atoms with Crippen molar-refractivity contribution in [3.63, 3.8) is 0 Å². The lowest BCUT2D eigenvalue weighted by molar-refractivity contribution is 0.314. The molecule has 1 aromatic heterocycles. The van der Waals surface area contributed by atoms with Crippen molar-refractivity contribution in [1.29, 1.82) is 0 Å². The Labute approximate surface area is 129 Å². The van der Waals surface area contributed by atoms with E-state index >= 15 is 0 Å². The summed E-state index contributed by atoms with van der Waals surface area (Å²) >= 11 is 12.0. The lowest BCUT2D eigenvalue weighted by atomic mass is 10.2. The average molecular weight is 311 g/mol. The van der Waals surface area contributed by atoms with Crippen LogP contribution in [-0.2, 0) is 13.1 Å². The summed E-state index contributed by atoms with van der Waals surface area (Å²) in [4.78, 5) is 6.38. The molecule has 1 heterocycles. The third kappa shape index (κ3) is 4.10. The van der Waals surface area contributed by atoms with Crippen LogP contribution in [0.25, 0.3) is 0 Å². The van der Waals surface area contributed by atoms with Crippen molar-refractivity contribution in [2.75, 3.05) is 14.2 Å². The Kier molecular flexibility index (Phi) is 5.24. The van der Waals surface area contributed by atoms with Crippen LogP contribution in [0.3, 0.4) is 0 Å². The Morgan fingerprint density at radius 2 is 1.95 bits per heavy atom. The molecule has 0 unspecified atom stereocenters. The molecule has 0 saturated carbocycles. The van der Waals surface area contributed by atoms with Gasteiger partial charge in [-0.3, -0.25) is 4.90 Å². The predicted molar refractivity (Wildman–Crippen MR) is 82.4 cm³/mol. The highest BCUT2D eigenvalue weighted by Gasteiger charge is 2.08. The zero-order valence-corrected chi connectivity index (χ0v) is 12.9. The van der Waals surface area contributed by atoms with Gasteiger partial charge < -0.3 is 4.74 Å². The summed E-state index contributed by atoms with van der Waals surface area (Å²) in [5, 5.41) is 1.09. The molecule has 0 saturated heterocycles. The van der Waals surface area contributed by atoms with E-state index in [4.69, 9.17) is 27.9 Å². The first-order valence-corrected chi connectivity index (χ1v) is 6.96. The van der Waals surface area contributed by atoms with Crippen molar-refractivity contribution in [2.45, 2.75) is 13.1 Å². The van der Waals surface area contributed by atoms with Crippen LogP contribution in [0.2, 0.25) is 10.2 Å². The largest absolute Gasteiger partial charge is 0.497 e. The van der Waals surface area contributed by atoms with Gasteiger partial charge in [-0.15, -0.1) is 0 Å². The third-order valence-corrected chi connectivity index (χ3v) is 3.45. The fourth-order valence-electron chi connectivity index (χ4n) is 1.96. The number of hydrogen-bond acceptors (Lipinski definition) is 3. The highest BCUT2D eigenvalue weighted by Crippen LogP contribution is 2.19. The van der Waals surface area contributed by atoms with Gasteiger partial charge >= 0.3 is 0 Å². The van der Waals surface area contributed by atoms with Gasteiger partial charge in [0, 0.05) is 13.1 Å². The molecule has 0 N–H and O–H groups in total. The van der Waals surface area contributed by atoms with Gasteiger partial charge in [0.2, 0.25) is 0 Å². The quantitative estimate of drug-likeness (QED) is 0.780. The maximum absolute atomic E-state index is 6.12. The average Bonchev–Trinajstić information content (AvgIpc) is 2.43. The topological polar surface area (TPSA) is 25.4 Å². The maximum Gasteiger partial charge on any atom is 0.129 e. The van der Waals surface area contributed by atoms with E-state index < -0.39 is 0 Å². The Morgan fingerprint density at radius 3 is 2.70 bits per heavy atom. The first-order chi connectivity index (χ1) is 9.58. The second kappa shape index (κ2) is 6.93. The first-order valence-electron chi connectivity index (χ1n) is 6.21. The smallest absolute Gasteiger partial charge is 0.129 e. The number of ether oxygens (including phenoxy) is 1. The third-order valence-electron chi connectivity index (χ3n) is 2.89. The van der Waals surface area contributed by atoms with Crippen molar-refractivity contribution in [2.24, 2.45) is 0 Å². The molecule has 0 aliphatic heterocycles. The monoisotopic (exact) mass is 310 g/mol. The van der Waals surface area contributed by atoms with Crippen molar-refractivity contribution in [3.8, 4) is 5.75 Å². The van der Waals surface area contributed by atoms with E-state index in [9.17, 15) is 0 Å². The van der Waals surface area contributed by atoms with Gasteiger partial charge in [0.15, 0.2) is 0 Å². The van der Waals surface area contributed by atoms with E-state index in [1.165, 1.54) is 5.56 Å². The molecule has 0 radical (unpaired) electrons. The van der Waals surface area contributed by atoms with Crippen molar-refractivity contribution < 1.29 is 4.74 Å². The van der Waals surface area contributed by atoms with Crippen LogP contribution >= 0.6 is 23.2 Å². The van der Waals surface area contributed by atoms with E-state index in [1.54, 1.807) is 19.2 Å². The Hall–Kier alpha value is -1.29. The molecule has 1 aromatic carbocycles. The Morgan fingerprint density at radius 1 is 1.15 bits per heavy atom. The molecule has 0 spiro atoms. The van der Waals surface area contributed by atoms with Gasteiger partial charge in [0.25, 0.3) is 0 Å². The fraction of sp³-hybridized carbons (Fsp3) is 0.267. The zero-order chi connectivity index (χ0) is 14.5. The minimum Gasteiger partial charge on any atom is -0.497 e. The number of pyridine rings is 1. The molecule has 0 aliphatic rings. The molecule has 0 amide bonds. The second-order valence-electron chi connectivity index (χ2n) is 4.59. The lowest BCUT2D eigenvalue weighted by Crippen LogP contribution is -2.18. The molecule has 3 nitrogen and oxygen atoms in total. The van der Waals surface area contributed by atoms with Gasteiger partial charge in [-0.2, -0.15) is 0 Å². The van der Waals surface area contributed by atoms with Gasteiger partial charge in [-0.05, 0) is 36.9 Å². The maximum atomic E-state index is 6.12. The van der Waals surface area contributed by atoms with Gasteiger partial charge in [-0.1, -0.05) is 35.3 Å². The van der Waals surface area contributed by atoms with Crippen LogP contribution in [-0.4, -0.2) is 24.0 Å². The standard InChI is InChI=1S/C15H16Cl2N2O/c1-19(9-11-4-3-5-12(8-11)20-2)10-14-13(16)6-7-15(17)18-14/h3-8H,9-10H2,1-2H3. The van der Waals surface area contributed by atoms with Crippen LogP contribution in [0, 0.1) is 0 Å². The molecule has 2 aromatic rings. The van der Waals surface area contributed by atoms with Gasteiger partial charge in [0.1, 0.15) is 10.9 Å². The first kappa shape index (κ1) is 15.1. The summed E-state index contributed by atoms with van der Waals surface area (Å²) in [6.45, 7) is 1.42. The number of methoxy groups -OCH3 is 1. The van der Waals surface area contributed by atoms with E-state index in [-0.39, 0.29) is 0 Å². The molecule has 0 aliphatic carbocycles. The van der Waals surface area contributed by atoms with Crippen molar-refractivity contribution >= 4 is 23.2 Å². The SMILES string of the molecule is COc1cccc(CN(C)Cc2nc(Cl)ccc2Cl)c1. The highest BCUT2D eigenvalue weighted by molar-refractivity contribution is 6.32. The minimum atomic E-state index is 0.458. The molecule has 5 heteroatoms. The van der Waals surface area contributed by atoms with Gasteiger partial charge in [0.05, 0.1) is 17.8 Å². The van der Waals surface area contributed by atoms with E-state index in [0.717, 1.165) is 18.0 Å². The van der Waals surface area contributed by atoms with Crippen molar-refractivity contribution in [1.82, 2.24) is 9.88 Å². The van der Waals surface area contributed by atoms with Gasteiger partial charge in [-0.25, -0.2) is 4.98 Å². The Balaban J connectivity index is 2.04. The van der Waals surface area contributed by atoms with E-state index in [1.807, 2.05) is 25.2 Å². The zero-order valence-electron chi connectivity index (χ0n) is 11.4. The fourth-order valence-corrected chi connectivity index (χ4v) is 2.29. The number of halogens is 2.